The summed E-state index contributed by atoms with van der Waals surface area (Å²) in [5, 5.41) is 0. The maximum atomic E-state index is 5.72. The van der Waals surface area contributed by atoms with E-state index in [1.165, 1.54) is 29.5 Å². The fraction of sp³-hybridized carbons (Fsp3) is 0.600. The van der Waals surface area contributed by atoms with Crippen LogP contribution in [0.1, 0.15) is 48.4 Å². The van der Waals surface area contributed by atoms with Gasteiger partial charge in [-0.1, -0.05) is 23.8 Å². The van der Waals surface area contributed by atoms with E-state index >= 15 is 0 Å². The average Bonchev–Trinajstić information content (AvgIpc) is 2.87. The summed E-state index contributed by atoms with van der Waals surface area (Å²) in [4.78, 5) is 0. The first-order valence-electron chi connectivity index (χ1n) is 6.85. The van der Waals surface area contributed by atoms with E-state index in [1.54, 1.807) is 0 Å². The van der Waals surface area contributed by atoms with E-state index in [0.717, 1.165) is 19.4 Å². The van der Waals surface area contributed by atoms with Crippen molar-refractivity contribution in [3.63, 3.8) is 0 Å². The van der Waals surface area contributed by atoms with Crippen LogP contribution in [0.2, 0.25) is 0 Å². The third-order valence-corrected chi connectivity index (χ3v) is 3.81. The van der Waals surface area contributed by atoms with Crippen LogP contribution < -0.4 is 11.3 Å². The summed E-state index contributed by atoms with van der Waals surface area (Å²) in [5.74, 6) is 5.72. The maximum absolute atomic E-state index is 5.72. The molecule has 1 aromatic rings. The Kier molecular flexibility index (Phi) is 4.75. The summed E-state index contributed by atoms with van der Waals surface area (Å²) in [6, 6.07) is 6.78. The molecule has 1 fully saturated rings. The molecule has 0 aromatic heterocycles. The van der Waals surface area contributed by atoms with Gasteiger partial charge >= 0.3 is 0 Å². The lowest BCUT2D eigenvalue weighted by Gasteiger charge is -2.20. The van der Waals surface area contributed by atoms with Crippen LogP contribution in [0.25, 0.3) is 0 Å². The Morgan fingerprint density at radius 3 is 2.94 bits per heavy atom. The van der Waals surface area contributed by atoms with Gasteiger partial charge in [-0.05, 0) is 50.7 Å². The molecular weight excluding hydrogens is 224 g/mol. The van der Waals surface area contributed by atoms with Crippen LogP contribution in [-0.4, -0.2) is 12.7 Å². The smallest absolute Gasteiger partial charge is 0.0576 e. The number of hydrogen-bond acceptors (Lipinski definition) is 3. The van der Waals surface area contributed by atoms with Crippen LogP contribution >= 0.6 is 0 Å². The number of aryl methyl sites for hydroxylation is 2. The van der Waals surface area contributed by atoms with Gasteiger partial charge in [0.05, 0.1) is 6.10 Å². The van der Waals surface area contributed by atoms with Crippen molar-refractivity contribution < 1.29 is 4.74 Å². The molecule has 1 aliphatic heterocycles. The Labute approximate surface area is 110 Å². The molecule has 0 radical (unpaired) electrons. The molecule has 1 aromatic carbocycles. The molecule has 0 saturated carbocycles. The Morgan fingerprint density at radius 1 is 1.44 bits per heavy atom. The van der Waals surface area contributed by atoms with Crippen LogP contribution in [0.5, 0.6) is 0 Å². The molecule has 1 aliphatic rings. The average molecular weight is 248 g/mol. The monoisotopic (exact) mass is 248 g/mol. The second kappa shape index (κ2) is 6.32. The summed E-state index contributed by atoms with van der Waals surface area (Å²) < 4.78 is 5.67. The third kappa shape index (κ3) is 3.31. The molecule has 0 spiro atoms. The molecule has 0 amide bonds. The van der Waals surface area contributed by atoms with Gasteiger partial charge in [-0.2, -0.15) is 0 Å². The molecule has 100 valence electrons. The summed E-state index contributed by atoms with van der Waals surface area (Å²) in [6.07, 6.45) is 4.96. The predicted octanol–water partition coefficient (Wildman–Crippen LogP) is 2.77. The highest BCUT2D eigenvalue weighted by Gasteiger charge is 2.19. The van der Waals surface area contributed by atoms with Crippen molar-refractivity contribution in [1.82, 2.24) is 5.43 Å². The molecule has 3 N–H and O–H groups in total. The van der Waals surface area contributed by atoms with E-state index < -0.39 is 0 Å². The minimum atomic E-state index is 0.231. The molecule has 1 heterocycles. The van der Waals surface area contributed by atoms with Crippen molar-refractivity contribution in [2.45, 2.75) is 51.7 Å². The van der Waals surface area contributed by atoms with Crippen LogP contribution in [-0.2, 0) is 4.74 Å². The second-order valence-corrected chi connectivity index (χ2v) is 5.29. The normalized spacial score (nSPS) is 21.2. The minimum absolute atomic E-state index is 0.231. The van der Waals surface area contributed by atoms with Crippen LogP contribution in [0, 0.1) is 13.8 Å². The topological polar surface area (TPSA) is 47.3 Å². The molecule has 18 heavy (non-hydrogen) atoms. The quantitative estimate of drug-likeness (QED) is 0.622. The molecule has 3 nitrogen and oxygen atoms in total. The molecule has 0 aliphatic carbocycles. The summed E-state index contributed by atoms with van der Waals surface area (Å²) >= 11 is 0. The van der Waals surface area contributed by atoms with Gasteiger partial charge in [0.15, 0.2) is 0 Å². The first-order chi connectivity index (χ1) is 8.70. The van der Waals surface area contributed by atoms with Gasteiger partial charge in [-0.3, -0.25) is 11.3 Å². The van der Waals surface area contributed by atoms with Crippen molar-refractivity contribution in [2.75, 3.05) is 6.61 Å². The number of rotatable bonds is 5. The van der Waals surface area contributed by atoms with Gasteiger partial charge in [0.25, 0.3) is 0 Å². The zero-order valence-electron chi connectivity index (χ0n) is 11.4. The fourth-order valence-corrected chi connectivity index (χ4v) is 2.69. The first-order valence-corrected chi connectivity index (χ1v) is 6.85. The van der Waals surface area contributed by atoms with Gasteiger partial charge in [-0.25, -0.2) is 0 Å². The van der Waals surface area contributed by atoms with Gasteiger partial charge in [0.1, 0.15) is 0 Å². The van der Waals surface area contributed by atoms with Gasteiger partial charge < -0.3 is 4.74 Å². The highest BCUT2D eigenvalue weighted by molar-refractivity contribution is 5.32. The van der Waals surface area contributed by atoms with Gasteiger partial charge in [-0.15, -0.1) is 0 Å². The largest absolute Gasteiger partial charge is 0.378 e. The van der Waals surface area contributed by atoms with Crippen molar-refractivity contribution in [1.29, 1.82) is 0 Å². The Bertz CT molecular complexity index is 386. The Balaban J connectivity index is 2.00. The van der Waals surface area contributed by atoms with Crippen molar-refractivity contribution in [3.8, 4) is 0 Å². The van der Waals surface area contributed by atoms with Crippen LogP contribution in [0.4, 0.5) is 0 Å². The highest BCUT2D eigenvalue weighted by atomic mass is 16.5. The molecule has 3 heteroatoms. The molecule has 2 atom stereocenters. The lowest BCUT2D eigenvalue weighted by molar-refractivity contribution is 0.0996. The van der Waals surface area contributed by atoms with E-state index in [9.17, 15) is 0 Å². The lowest BCUT2D eigenvalue weighted by atomic mass is 9.95. The summed E-state index contributed by atoms with van der Waals surface area (Å²) in [5.41, 5.74) is 6.86. The lowest BCUT2D eigenvalue weighted by Crippen LogP contribution is -2.29. The molecule has 0 bridgehead atoms. The van der Waals surface area contributed by atoms with Gasteiger partial charge in [0.2, 0.25) is 0 Å². The number of nitrogens with two attached hydrogens (primary N) is 1. The Hall–Kier alpha value is -0.900. The number of nitrogens with one attached hydrogen (secondary N) is 1. The van der Waals surface area contributed by atoms with Crippen LogP contribution in [0.15, 0.2) is 18.2 Å². The van der Waals surface area contributed by atoms with E-state index in [0.29, 0.717) is 6.10 Å². The SMILES string of the molecule is Cc1ccc(C)c(C(CCC2CCCO2)NN)c1. The van der Waals surface area contributed by atoms with Crippen molar-refractivity contribution in [2.24, 2.45) is 5.84 Å². The number of benzene rings is 1. The maximum Gasteiger partial charge on any atom is 0.0576 e. The first kappa shape index (κ1) is 13.5. The van der Waals surface area contributed by atoms with Gasteiger partial charge in [0, 0.05) is 12.6 Å². The summed E-state index contributed by atoms with van der Waals surface area (Å²) in [6.45, 7) is 5.19. The minimum Gasteiger partial charge on any atom is -0.378 e. The standard InChI is InChI=1S/C15H24N2O/c1-11-5-6-12(2)14(10-11)15(17-16)8-7-13-4-3-9-18-13/h5-6,10,13,15,17H,3-4,7-9,16H2,1-2H3. The Morgan fingerprint density at radius 2 is 2.28 bits per heavy atom. The number of ether oxygens (including phenoxy) is 1. The van der Waals surface area contributed by atoms with Crippen LogP contribution in [0.3, 0.4) is 0 Å². The zero-order chi connectivity index (χ0) is 13.0. The van der Waals surface area contributed by atoms with E-state index in [1.807, 2.05) is 0 Å². The fourth-order valence-electron chi connectivity index (χ4n) is 2.69. The van der Waals surface area contributed by atoms with E-state index in [2.05, 4.69) is 37.5 Å². The zero-order valence-corrected chi connectivity index (χ0v) is 11.4. The third-order valence-electron chi connectivity index (χ3n) is 3.81. The molecular formula is C15H24N2O. The molecule has 2 rings (SSSR count). The number of hydrazine groups is 1. The second-order valence-electron chi connectivity index (χ2n) is 5.29. The predicted molar refractivity (Wildman–Crippen MR) is 74.2 cm³/mol. The number of hydrogen-bond donors (Lipinski definition) is 2. The van der Waals surface area contributed by atoms with E-state index in [-0.39, 0.29) is 6.04 Å². The summed E-state index contributed by atoms with van der Waals surface area (Å²) in [7, 11) is 0. The molecule has 1 saturated heterocycles. The van der Waals surface area contributed by atoms with Crippen molar-refractivity contribution >= 4 is 0 Å². The van der Waals surface area contributed by atoms with E-state index in [4.69, 9.17) is 10.6 Å². The van der Waals surface area contributed by atoms with Crippen molar-refractivity contribution in [3.05, 3.63) is 34.9 Å². The molecule has 2 unspecified atom stereocenters. The highest BCUT2D eigenvalue weighted by Crippen LogP contribution is 2.26.